The van der Waals surface area contributed by atoms with E-state index in [-0.39, 0.29) is 6.10 Å². The number of nitrogens with zero attached hydrogens (tertiary/aromatic N) is 3. The predicted molar refractivity (Wildman–Crippen MR) is 69.6 cm³/mol. The minimum Gasteiger partial charge on any atom is -0.373 e. The monoisotopic (exact) mass is 248 g/mol. The number of nitrogens with one attached hydrogen (secondary N) is 1. The fourth-order valence-corrected chi connectivity index (χ4v) is 2.75. The maximum atomic E-state index is 5.88. The van der Waals surface area contributed by atoms with Gasteiger partial charge in [-0.05, 0) is 32.4 Å². The van der Waals surface area contributed by atoms with Crippen molar-refractivity contribution in [3.63, 3.8) is 0 Å². The molecule has 18 heavy (non-hydrogen) atoms. The summed E-state index contributed by atoms with van der Waals surface area (Å²) in [5.74, 6) is 0.696. The molecule has 0 aliphatic carbocycles. The van der Waals surface area contributed by atoms with Crippen LogP contribution in [0.3, 0.4) is 0 Å². The van der Waals surface area contributed by atoms with Crippen molar-refractivity contribution in [2.45, 2.75) is 31.9 Å². The van der Waals surface area contributed by atoms with Crippen molar-refractivity contribution in [3.8, 4) is 0 Å². The van der Waals surface area contributed by atoms with Gasteiger partial charge in [0.05, 0.1) is 12.7 Å². The number of anilines is 1. The number of morpholine rings is 1. The van der Waals surface area contributed by atoms with Crippen molar-refractivity contribution in [2.75, 3.05) is 31.6 Å². The molecule has 1 aromatic heterocycles. The molecule has 2 atom stereocenters. The Morgan fingerprint density at radius 1 is 1.56 bits per heavy atom. The first kappa shape index (κ1) is 11.9. The van der Waals surface area contributed by atoms with Crippen molar-refractivity contribution in [1.29, 1.82) is 0 Å². The van der Waals surface area contributed by atoms with Gasteiger partial charge in [-0.15, -0.1) is 0 Å². The number of ether oxygens (including phenoxy) is 1. The van der Waals surface area contributed by atoms with Gasteiger partial charge in [0, 0.05) is 31.0 Å². The Balaban J connectivity index is 1.51. The Morgan fingerprint density at radius 2 is 2.50 bits per heavy atom. The quantitative estimate of drug-likeness (QED) is 0.867. The van der Waals surface area contributed by atoms with Gasteiger partial charge >= 0.3 is 0 Å². The number of hydrogen-bond donors (Lipinski definition) is 1. The van der Waals surface area contributed by atoms with Crippen molar-refractivity contribution in [3.05, 3.63) is 18.0 Å². The minimum absolute atomic E-state index is 0.253. The summed E-state index contributed by atoms with van der Waals surface area (Å²) in [6.45, 7) is 5.89. The number of aryl methyl sites for hydroxylation is 1. The zero-order valence-corrected chi connectivity index (χ0v) is 10.8. The summed E-state index contributed by atoms with van der Waals surface area (Å²) in [5, 5.41) is 3.26. The first-order valence-corrected chi connectivity index (χ1v) is 6.70. The molecule has 2 aliphatic heterocycles. The third-order valence-corrected chi connectivity index (χ3v) is 3.74. The van der Waals surface area contributed by atoms with Gasteiger partial charge in [0.15, 0.2) is 0 Å². The van der Waals surface area contributed by atoms with Crippen LogP contribution in [0.25, 0.3) is 0 Å². The maximum absolute atomic E-state index is 5.88. The van der Waals surface area contributed by atoms with Crippen LogP contribution in [0.2, 0.25) is 0 Å². The second-order valence-corrected chi connectivity index (χ2v) is 5.15. The zero-order valence-electron chi connectivity index (χ0n) is 10.8. The highest BCUT2D eigenvalue weighted by atomic mass is 16.5. The first-order chi connectivity index (χ1) is 8.81. The third kappa shape index (κ3) is 2.62. The van der Waals surface area contributed by atoms with E-state index in [1.165, 1.54) is 19.4 Å². The van der Waals surface area contributed by atoms with Crippen LogP contribution in [0.15, 0.2) is 12.3 Å². The molecule has 1 N–H and O–H groups in total. The molecule has 0 saturated carbocycles. The molecular formula is C13H20N4O. The normalized spacial score (nSPS) is 28.1. The summed E-state index contributed by atoms with van der Waals surface area (Å²) in [6, 6.07) is 2.56. The fourth-order valence-electron chi connectivity index (χ4n) is 2.75. The molecule has 0 spiro atoms. The number of rotatable bonds is 3. The molecule has 2 fully saturated rings. The van der Waals surface area contributed by atoms with Crippen LogP contribution in [0, 0.1) is 6.92 Å². The van der Waals surface area contributed by atoms with Crippen LogP contribution < -0.4 is 5.32 Å². The molecule has 2 aliphatic rings. The van der Waals surface area contributed by atoms with E-state index < -0.39 is 0 Å². The number of aromatic nitrogens is 2. The van der Waals surface area contributed by atoms with Gasteiger partial charge in [0.2, 0.25) is 5.95 Å². The van der Waals surface area contributed by atoms with Gasteiger partial charge in [0.25, 0.3) is 0 Å². The van der Waals surface area contributed by atoms with Crippen molar-refractivity contribution in [2.24, 2.45) is 0 Å². The van der Waals surface area contributed by atoms with E-state index in [9.17, 15) is 0 Å². The summed E-state index contributed by atoms with van der Waals surface area (Å²) in [6.07, 6.45) is 4.64. The Bertz CT molecular complexity index is 412. The summed E-state index contributed by atoms with van der Waals surface area (Å²) < 4.78 is 5.88. The van der Waals surface area contributed by atoms with E-state index in [0.29, 0.717) is 12.0 Å². The lowest BCUT2D eigenvalue weighted by atomic mass is 10.2. The first-order valence-electron chi connectivity index (χ1n) is 6.70. The van der Waals surface area contributed by atoms with E-state index in [0.717, 1.165) is 25.4 Å². The molecule has 1 aromatic rings. The molecule has 0 radical (unpaired) electrons. The van der Waals surface area contributed by atoms with Crippen LogP contribution in [-0.4, -0.2) is 53.3 Å². The van der Waals surface area contributed by atoms with Gasteiger partial charge < -0.3 is 10.1 Å². The molecule has 98 valence electrons. The van der Waals surface area contributed by atoms with E-state index >= 15 is 0 Å². The van der Waals surface area contributed by atoms with Crippen LogP contribution in [-0.2, 0) is 4.74 Å². The molecule has 0 bridgehead atoms. The molecule has 0 aromatic carbocycles. The number of fused-ring (bicyclic) bond motifs is 1. The van der Waals surface area contributed by atoms with Gasteiger partial charge in [-0.1, -0.05) is 0 Å². The lowest BCUT2D eigenvalue weighted by molar-refractivity contribution is -0.0416. The zero-order chi connectivity index (χ0) is 12.4. The summed E-state index contributed by atoms with van der Waals surface area (Å²) >= 11 is 0. The topological polar surface area (TPSA) is 50.3 Å². The van der Waals surface area contributed by atoms with Gasteiger partial charge in [-0.3, -0.25) is 4.90 Å². The minimum atomic E-state index is 0.253. The molecule has 5 heteroatoms. The summed E-state index contributed by atoms with van der Waals surface area (Å²) in [7, 11) is 0. The lowest BCUT2D eigenvalue weighted by Crippen LogP contribution is -2.48. The highest BCUT2D eigenvalue weighted by molar-refractivity contribution is 5.24. The average Bonchev–Trinajstić information content (AvgIpc) is 2.84. The smallest absolute Gasteiger partial charge is 0.222 e. The van der Waals surface area contributed by atoms with Crippen molar-refractivity contribution >= 4 is 5.95 Å². The molecular weight excluding hydrogens is 228 g/mol. The summed E-state index contributed by atoms with van der Waals surface area (Å²) in [5.41, 5.74) is 0.983. The van der Waals surface area contributed by atoms with E-state index in [2.05, 4.69) is 20.2 Å². The van der Waals surface area contributed by atoms with Gasteiger partial charge in [0.1, 0.15) is 0 Å². The lowest BCUT2D eigenvalue weighted by Gasteiger charge is -2.35. The van der Waals surface area contributed by atoms with Gasteiger partial charge in [-0.25, -0.2) is 9.97 Å². The molecule has 5 nitrogen and oxygen atoms in total. The van der Waals surface area contributed by atoms with E-state index in [1.54, 1.807) is 6.20 Å². The Kier molecular flexibility index (Phi) is 3.43. The maximum Gasteiger partial charge on any atom is 0.222 e. The van der Waals surface area contributed by atoms with E-state index in [4.69, 9.17) is 4.74 Å². The highest BCUT2D eigenvalue weighted by Crippen LogP contribution is 2.22. The standard InChI is InChI=1S/C13H20N4O/c1-10-4-5-14-13(16-10)15-7-12-8-17-6-2-3-11(17)9-18-12/h4-5,11-12H,2-3,6-9H2,1H3,(H,14,15,16). The van der Waals surface area contributed by atoms with Gasteiger partial charge in [-0.2, -0.15) is 0 Å². The summed E-state index contributed by atoms with van der Waals surface area (Å²) in [4.78, 5) is 11.1. The molecule has 3 heterocycles. The highest BCUT2D eigenvalue weighted by Gasteiger charge is 2.31. The number of hydrogen-bond acceptors (Lipinski definition) is 5. The Hall–Kier alpha value is -1.20. The Morgan fingerprint density at radius 3 is 3.39 bits per heavy atom. The molecule has 2 saturated heterocycles. The largest absolute Gasteiger partial charge is 0.373 e. The SMILES string of the molecule is Cc1ccnc(NCC2CN3CCCC3CO2)n1. The molecule has 3 rings (SSSR count). The van der Waals surface area contributed by atoms with Crippen molar-refractivity contribution in [1.82, 2.24) is 14.9 Å². The fraction of sp³-hybridized carbons (Fsp3) is 0.692. The second-order valence-electron chi connectivity index (χ2n) is 5.15. The van der Waals surface area contributed by atoms with Crippen LogP contribution in [0.4, 0.5) is 5.95 Å². The van der Waals surface area contributed by atoms with Crippen LogP contribution in [0.5, 0.6) is 0 Å². The Labute approximate surface area is 108 Å². The third-order valence-electron chi connectivity index (χ3n) is 3.74. The van der Waals surface area contributed by atoms with Crippen molar-refractivity contribution < 1.29 is 4.74 Å². The van der Waals surface area contributed by atoms with Crippen LogP contribution >= 0.6 is 0 Å². The van der Waals surface area contributed by atoms with E-state index in [1.807, 2.05) is 13.0 Å². The average molecular weight is 248 g/mol. The van der Waals surface area contributed by atoms with Crippen LogP contribution in [0.1, 0.15) is 18.5 Å². The molecule has 0 amide bonds. The predicted octanol–water partition coefficient (Wildman–Crippen LogP) is 1.06. The molecule has 2 unspecified atom stereocenters. The second kappa shape index (κ2) is 5.20.